The average Bonchev–Trinajstić information content (AvgIpc) is 3.12. The van der Waals surface area contributed by atoms with Gasteiger partial charge in [-0.3, -0.25) is 9.71 Å². The lowest BCUT2D eigenvalue weighted by molar-refractivity contribution is 0.248. The van der Waals surface area contributed by atoms with Gasteiger partial charge in [-0.15, -0.1) is 0 Å². The number of carbonyl (C=O) groups excluding carboxylic acids is 1. The van der Waals surface area contributed by atoms with Crippen LogP contribution in [0.25, 0.3) is 33.3 Å². The molecule has 2 amide bonds. The highest BCUT2D eigenvalue weighted by Crippen LogP contribution is 2.31. The Morgan fingerprint density at radius 1 is 1.07 bits per heavy atom. The van der Waals surface area contributed by atoms with Crippen molar-refractivity contribution in [2.24, 2.45) is 0 Å². The first-order valence-corrected chi connectivity index (χ1v) is 10.1. The number of aryl methyl sites for hydroxylation is 2. The van der Waals surface area contributed by atoms with Gasteiger partial charge in [0.1, 0.15) is 11.3 Å². The molecule has 0 aliphatic carbocycles. The minimum Gasteiger partial charge on any atom is -0.341 e. The molecule has 7 heteroatoms. The van der Waals surface area contributed by atoms with Crippen LogP contribution in [0.1, 0.15) is 5.69 Å². The number of pyridine rings is 1. The van der Waals surface area contributed by atoms with Crippen molar-refractivity contribution in [2.45, 2.75) is 13.5 Å². The van der Waals surface area contributed by atoms with Crippen LogP contribution in [0.3, 0.4) is 0 Å². The van der Waals surface area contributed by atoms with Gasteiger partial charge in [0.15, 0.2) is 0 Å². The summed E-state index contributed by atoms with van der Waals surface area (Å²) in [5.74, 6) is 1.63. The number of para-hydroxylation sites is 1. The van der Waals surface area contributed by atoms with Gasteiger partial charge >= 0.3 is 6.03 Å². The zero-order chi connectivity index (χ0) is 19.5. The zero-order valence-corrected chi connectivity index (χ0v) is 16.6. The third kappa shape index (κ3) is 3.41. The molecule has 0 aliphatic rings. The summed E-state index contributed by atoms with van der Waals surface area (Å²) in [5, 5.41) is 3.64. The lowest BCUT2D eigenvalue weighted by atomic mass is 10.1. The maximum atomic E-state index is 11.4. The lowest BCUT2D eigenvalue weighted by Crippen LogP contribution is -2.28. The predicted molar refractivity (Wildman–Crippen MR) is 115 cm³/mol. The number of rotatable bonds is 5. The predicted octanol–water partition coefficient (Wildman–Crippen LogP) is 4.14. The van der Waals surface area contributed by atoms with Crippen molar-refractivity contribution in [1.82, 2.24) is 24.6 Å². The molecule has 0 atom stereocenters. The molecule has 2 N–H and O–H groups in total. The zero-order valence-electron chi connectivity index (χ0n) is 15.8. The monoisotopic (exact) mass is 391 g/mol. The SMILES string of the molecule is CNC(=O)NSCCn1c(-c2ccccc2)nc2c(C)nc3ccccc3c21. The fraction of sp³-hybridized carbons (Fsp3) is 0.190. The van der Waals surface area contributed by atoms with E-state index in [9.17, 15) is 4.79 Å². The van der Waals surface area contributed by atoms with Crippen LogP contribution in [0.4, 0.5) is 4.79 Å². The highest BCUT2D eigenvalue weighted by atomic mass is 32.2. The Bertz CT molecular complexity index is 1140. The molecule has 0 bridgehead atoms. The van der Waals surface area contributed by atoms with Crippen molar-refractivity contribution < 1.29 is 4.79 Å². The van der Waals surface area contributed by atoms with E-state index in [1.54, 1.807) is 7.05 Å². The molecule has 0 aliphatic heterocycles. The number of hydrogen-bond acceptors (Lipinski definition) is 4. The maximum Gasteiger partial charge on any atom is 0.324 e. The van der Waals surface area contributed by atoms with E-state index in [0.717, 1.165) is 39.0 Å². The number of hydrogen-bond donors (Lipinski definition) is 2. The second-order valence-corrected chi connectivity index (χ2v) is 7.30. The van der Waals surface area contributed by atoms with Crippen molar-refractivity contribution in [2.75, 3.05) is 12.8 Å². The van der Waals surface area contributed by atoms with Crippen LogP contribution in [0.5, 0.6) is 0 Å². The van der Waals surface area contributed by atoms with Crippen LogP contribution < -0.4 is 10.0 Å². The molecule has 2 aromatic heterocycles. The second-order valence-electron chi connectivity index (χ2n) is 6.39. The molecule has 6 nitrogen and oxygen atoms in total. The van der Waals surface area contributed by atoms with Crippen LogP contribution in [-0.4, -0.2) is 33.4 Å². The first kappa shape index (κ1) is 18.3. The minimum absolute atomic E-state index is 0.200. The van der Waals surface area contributed by atoms with E-state index in [-0.39, 0.29) is 6.03 Å². The van der Waals surface area contributed by atoms with Gasteiger partial charge in [0.05, 0.1) is 16.7 Å². The molecular weight excluding hydrogens is 370 g/mol. The number of amides is 2. The standard InChI is InChI=1S/C21H21N5OS/c1-14-18-19(16-10-6-7-11-17(16)23-14)26(12-13-28-25-21(27)22-2)20(24-18)15-8-4-3-5-9-15/h3-11H,12-13H2,1-2H3,(H2,22,25,27). The fourth-order valence-corrected chi connectivity index (χ4v) is 3.92. The van der Waals surface area contributed by atoms with Gasteiger partial charge in [-0.05, 0) is 24.9 Å². The van der Waals surface area contributed by atoms with Crippen LogP contribution in [0.15, 0.2) is 54.6 Å². The van der Waals surface area contributed by atoms with Gasteiger partial charge in [-0.2, -0.15) is 0 Å². The molecule has 4 rings (SSSR count). The number of fused-ring (bicyclic) bond motifs is 3. The maximum absolute atomic E-state index is 11.4. The molecular formula is C21H21N5OS. The Hall–Kier alpha value is -3.06. The van der Waals surface area contributed by atoms with Gasteiger partial charge < -0.3 is 9.88 Å². The molecule has 0 spiro atoms. The molecule has 0 fully saturated rings. The van der Waals surface area contributed by atoms with E-state index in [1.807, 2.05) is 43.3 Å². The summed E-state index contributed by atoms with van der Waals surface area (Å²) in [6.07, 6.45) is 0. The van der Waals surface area contributed by atoms with Crippen LogP contribution in [-0.2, 0) is 6.54 Å². The van der Waals surface area contributed by atoms with Crippen molar-refractivity contribution in [3.05, 3.63) is 60.3 Å². The summed E-state index contributed by atoms with van der Waals surface area (Å²) in [6, 6.07) is 18.1. The molecule has 0 saturated carbocycles. The molecule has 2 aromatic carbocycles. The second kappa shape index (κ2) is 7.90. The normalized spacial score (nSPS) is 11.1. The molecule has 4 aromatic rings. The Balaban J connectivity index is 1.84. The number of nitrogens with zero attached hydrogens (tertiary/aromatic N) is 3. The summed E-state index contributed by atoms with van der Waals surface area (Å²) >= 11 is 1.38. The van der Waals surface area contributed by atoms with Crippen LogP contribution in [0, 0.1) is 6.92 Å². The molecule has 2 heterocycles. The third-order valence-electron chi connectivity index (χ3n) is 4.60. The van der Waals surface area contributed by atoms with Crippen molar-refractivity contribution in [1.29, 1.82) is 0 Å². The summed E-state index contributed by atoms with van der Waals surface area (Å²) < 4.78 is 5.01. The van der Waals surface area contributed by atoms with Gasteiger partial charge in [0, 0.05) is 30.3 Å². The summed E-state index contributed by atoms with van der Waals surface area (Å²) in [5.41, 5.74) is 4.95. The summed E-state index contributed by atoms with van der Waals surface area (Å²) in [4.78, 5) is 21.1. The van der Waals surface area contributed by atoms with E-state index >= 15 is 0 Å². The Kier molecular flexibility index (Phi) is 5.16. The third-order valence-corrected chi connectivity index (χ3v) is 5.31. The fourth-order valence-electron chi connectivity index (χ4n) is 3.31. The van der Waals surface area contributed by atoms with Gasteiger partial charge in [-0.25, -0.2) is 9.78 Å². The minimum atomic E-state index is -0.200. The lowest BCUT2D eigenvalue weighted by Gasteiger charge is -2.11. The summed E-state index contributed by atoms with van der Waals surface area (Å²) in [7, 11) is 1.61. The molecule has 142 valence electrons. The van der Waals surface area contributed by atoms with E-state index in [0.29, 0.717) is 12.3 Å². The molecule has 0 unspecified atom stereocenters. The Labute approximate surface area is 167 Å². The number of carbonyl (C=O) groups is 1. The number of nitrogens with one attached hydrogen (secondary N) is 2. The number of urea groups is 1. The quantitative estimate of drug-likeness (QED) is 0.396. The molecule has 0 radical (unpaired) electrons. The number of aromatic nitrogens is 3. The van der Waals surface area contributed by atoms with Gasteiger partial charge in [0.25, 0.3) is 0 Å². The number of imidazole rings is 1. The highest BCUT2D eigenvalue weighted by molar-refractivity contribution is 7.97. The van der Waals surface area contributed by atoms with Crippen LogP contribution in [0.2, 0.25) is 0 Å². The van der Waals surface area contributed by atoms with Crippen molar-refractivity contribution in [3.8, 4) is 11.4 Å². The average molecular weight is 392 g/mol. The van der Waals surface area contributed by atoms with E-state index in [4.69, 9.17) is 9.97 Å². The smallest absolute Gasteiger partial charge is 0.324 e. The Morgan fingerprint density at radius 2 is 1.82 bits per heavy atom. The first-order chi connectivity index (χ1) is 13.7. The molecule has 0 saturated heterocycles. The number of benzene rings is 2. The van der Waals surface area contributed by atoms with E-state index in [2.05, 4.69) is 32.8 Å². The van der Waals surface area contributed by atoms with Gasteiger partial charge in [0.2, 0.25) is 0 Å². The van der Waals surface area contributed by atoms with E-state index < -0.39 is 0 Å². The van der Waals surface area contributed by atoms with Gasteiger partial charge in [-0.1, -0.05) is 48.5 Å². The highest BCUT2D eigenvalue weighted by Gasteiger charge is 2.17. The largest absolute Gasteiger partial charge is 0.341 e. The van der Waals surface area contributed by atoms with Crippen LogP contribution >= 0.6 is 11.9 Å². The summed E-state index contributed by atoms with van der Waals surface area (Å²) in [6.45, 7) is 2.71. The van der Waals surface area contributed by atoms with Crippen molar-refractivity contribution >= 4 is 39.9 Å². The topological polar surface area (TPSA) is 71.8 Å². The first-order valence-electron chi connectivity index (χ1n) is 9.09. The molecule has 28 heavy (non-hydrogen) atoms. The van der Waals surface area contributed by atoms with E-state index in [1.165, 1.54) is 11.9 Å². The Morgan fingerprint density at radius 3 is 2.61 bits per heavy atom. The van der Waals surface area contributed by atoms with Crippen molar-refractivity contribution in [3.63, 3.8) is 0 Å².